The first-order valence-electron chi connectivity index (χ1n) is 6.47. The molecule has 1 amide bonds. The number of nitro groups is 1. The average Bonchev–Trinajstić information content (AvgIpc) is 2.46. The molecule has 0 saturated heterocycles. The predicted octanol–water partition coefficient (Wildman–Crippen LogP) is 4.62. The van der Waals surface area contributed by atoms with Gasteiger partial charge in [0, 0.05) is 17.2 Å². The third-order valence-corrected chi connectivity index (χ3v) is 3.61. The molecule has 0 aromatic heterocycles. The smallest absolute Gasteiger partial charge is 0.410 e. The third kappa shape index (κ3) is 3.95. The van der Waals surface area contributed by atoms with Crippen LogP contribution in [0.2, 0.25) is 5.02 Å². The van der Waals surface area contributed by atoms with E-state index in [1.165, 1.54) is 0 Å². The molecule has 0 atom stereocenters. The molecule has 0 saturated carbocycles. The van der Waals surface area contributed by atoms with Crippen LogP contribution >= 0.6 is 11.6 Å². The summed E-state index contributed by atoms with van der Waals surface area (Å²) in [6.45, 7) is 3.50. The van der Waals surface area contributed by atoms with Crippen LogP contribution in [0.15, 0.2) is 30.3 Å². The largest absolute Gasteiger partial charge is 0.417 e. The molecule has 0 bridgehead atoms. The van der Waals surface area contributed by atoms with Gasteiger partial charge in [0.05, 0.1) is 10.6 Å². The van der Waals surface area contributed by atoms with E-state index in [1.54, 1.807) is 26.0 Å². The first-order chi connectivity index (χ1) is 10.8. The number of carbonyl (C=O) groups is 1. The van der Waals surface area contributed by atoms with Crippen molar-refractivity contribution in [1.29, 1.82) is 0 Å². The van der Waals surface area contributed by atoms with E-state index in [9.17, 15) is 19.3 Å². The van der Waals surface area contributed by atoms with E-state index in [-0.39, 0.29) is 17.1 Å². The molecule has 8 heteroatoms. The van der Waals surface area contributed by atoms with Crippen LogP contribution in [0, 0.1) is 29.8 Å². The Morgan fingerprint density at radius 2 is 1.87 bits per heavy atom. The molecule has 120 valence electrons. The molecule has 0 aliphatic heterocycles. The SMILES string of the molecule is Cc1cc(OC(=O)Nc2cc([N+](=O)[O-])ccc2F)cc(C)c1Cl. The second kappa shape index (κ2) is 6.62. The molecule has 6 nitrogen and oxygen atoms in total. The number of anilines is 1. The van der Waals surface area contributed by atoms with Gasteiger partial charge in [-0.05, 0) is 43.2 Å². The summed E-state index contributed by atoms with van der Waals surface area (Å²) in [4.78, 5) is 21.8. The lowest BCUT2D eigenvalue weighted by molar-refractivity contribution is -0.384. The summed E-state index contributed by atoms with van der Waals surface area (Å²) in [7, 11) is 0. The molecular weight excluding hydrogens is 327 g/mol. The number of amides is 1. The van der Waals surface area contributed by atoms with Gasteiger partial charge in [-0.3, -0.25) is 15.4 Å². The molecule has 0 unspecified atom stereocenters. The molecule has 0 heterocycles. The first kappa shape index (κ1) is 16.7. The average molecular weight is 339 g/mol. The number of hydrogen-bond acceptors (Lipinski definition) is 4. The van der Waals surface area contributed by atoms with Crippen molar-refractivity contribution < 1.29 is 18.8 Å². The summed E-state index contributed by atoms with van der Waals surface area (Å²) in [5.41, 5.74) is 0.749. The van der Waals surface area contributed by atoms with Gasteiger partial charge in [0.15, 0.2) is 0 Å². The molecule has 1 N–H and O–H groups in total. The topological polar surface area (TPSA) is 81.5 Å². The van der Waals surface area contributed by atoms with Gasteiger partial charge in [-0.15, -0.1) is 0 Å². The molecule has 23 heavy (non-hydrogen) atoms. The Kier molecular flexibility index (Phi) is 4.80. The maximum Gasteiger partial charge on any atom is 0.417 e. The maximum absolute atomic E-state index is 13.6. The molecule has 2 rings (SSSR count). The first-order valence-corrected chi connectivity index (χ1v) is 6.85. The molecule has 0 spiro atoms. The number of nitrogens with zero attached hydrogens (tertiary/aromatic N) is 1. The van der Waals surface area contributed by atoms with Crippen LogP contribution in [0.5, 0.6) is 5.75 Å². The van der Waals surface area contributed by atoms with Crippen molar-refractivity contribution in [3.05, 3.63) is 62.4 Å². The van der Waals surface area contributed by atoms with Gasteiger partial charge in [0.1, 0.15) is 11.6 Å². The van der Waals surface area contributed by atoms with Crippen LogP contribution in [0.4, 0.5) is 20.6 Å². The highest BCUT2D eigenvalue weighted by Gasteiger charge is 2.15. The number of non-ortho nitro benzene ring substituents is 1. The Bertz CT molecular complexity index is 772. The highest BCUT2D eigenvalue weighted by Crippen LogP contribution is 2.26. The van der Waals surface area contributed by atoms with Crippen LogP contribution in [0.25, 0.3) is 0 Å². The molecule has 2 aromatic rings. The number of aryl methyl sites for hydroxylation is 2. The lowest BCUT2D eigenvalue weighted by atomic mass is 10.1. The quantitative estimate of drug-likeness (QED) is 0.654. The Hall–Kier alpha value is -2.67. The number of hydrogen-bond donors (Lipinski definition) is 1. The fourth-order valence-electron chi connectivity index (χ4n) is 1.93. The van der Waals surface area contributed by atoms with Crippen molar-refractivity contribution >= 4 is 29.1 Å². The van der Waals surface area contributed by atoms with Gasteiger partial charge in [0.2, 0.25) is 0 Å². The van der Waals surface area contributed by atoms with E-state index in [0.717, 1.165) is 29.3 Å². The number of benzene rings is 2. The summed E-state index contributed by atoms with van der Waals surface area (Å²) in [5.74, 6) is -0.580. The van der Waals surface area contributed by atoms with Gasteiger partial charge >= 0.3 is 6.09 Å². The van der Waals surface area contributed by atoms with Crippen molar-refractivity contribution in [2.45, 2.75) is 13.8 Å². The predicted molar refractivity (Wildman–Crippen MR) is 83.6 cm³/mol. The standard InChI is InChI=1S/C15H12ClFN2O4/c1-8-5-11(6-9(2)14(8)16)23-15(20)18-13-7-10(19(21)22)3-4-12(13)17/h3-7H,1-2H3,(H,18,20). The zero-order valence-electron chi connectivity index (χ0n) is 12.2. The third-order valence-electron chi connectivity index (χ3n) is 3.02. The van der Waals surface area contributed by atoms with Gasteiger partial charge in [0.25, 0.3) is 5.69 Å². The van der Waals surface area contributed by atoms with E-state index < -0.39 is 16.8 Å². The van der Waals surface area contributed by atoms with Crippen LogP contribution in [-0.2, 0) is 0 Å². The fraction of sp³-hybridized carbons (Fsp3) is 0.133. The van der Waals surface area contributed by atoms with E-state index >= 15 is 0 Å². The summed E-state index contributed by atoms with van der Waals surface area (Å²) in [6, 6.07) is 5.91. The Balaban J connectivity index is 2.17. The van der Waals surface area contributed by atoms with Gasteiger partial charge in [-0.2, -0.15) is 0 Å². The minimum absolute atomic E-state index is 0.229. The van der Waals surface area contributed by atoms with E-state index in [1.807, 2.05) is 0 Å². The normalized spacial score (nSPS) is 10.3. The zero-order chi connectivity index (χ0) is 17.1. The zero-order valence-corrected chi connectivity index (χ0v) is 13.0. The molecule has 0 radical (unpaired) electrons. The Morgan fingerprint density at radius 3 is 2.43 bits per heavy atom. The molecule has 0 aliphatic rings. The van der Waals surface area contributed by atoms with E-state index in [0.29, 0.717) is 5.02 Å². The minimum Gasteiger partial charge on any atom is -0.410 e. The highest BCUT2D eigenvalue weighted by atomic mass is 35.5. The van der Waals surface area contributed by atoms with Gasteiger partial charge < -0.3 is 4.74 Å². The maximum atomic E-state index is 13.6. The van der Waals surface area contributed by atoms with Crippen LogP contribution in [0.1, 0.15) is 11.1 Å². The summed E-state index contributed by atoms with van der Waals surface area (Å²) in [5, 5.41) is 13.4. The van der Waals surface area contributed by atoms with E-state index in [4.69, 9.17) is 16.3 Å². The highest BCUT2D eigenvalue weighted by molar-refractivity contribution is 6.32. The second-order valence-electron chi connectivity index (χ2n) is 4.81. The lowest BCUT2D eigenvalue weighted by Gasteiger charge is -2.10. The number of nitro benzene ring substituents is 1. The Morgan fingerprint density at radius 1 is 1.26 bits per heavy atom. The van der Waals surface area contributed by atoms with Crippen molar-refractivity contribution in [2.24, 2.45) is 0 Å². The van der Waals surface area contributed by atoms with Crippen LogP contribution < -0.4 is 10.1 Å². The number of halogens is 2. The number of carbonyl (C=O) groups excluding carboxylic acids is 1. The van der Waals surface area contributed by atoms with Crippen molar-refractivity contribution in [3.8, 4) is 5.75 Å². The van der Waals surface area contributed by atoms with Crippen molar-refractivity contribution in [3.63, 3.8) is 0 Å². The van der Waals surface area contributed by atoms with Crippen molar-refractivity contribution in [2.75, 3.05) is 5.32 Å². The number of ether oxygens (including phenoxy) is 1. The number of rotatable bonds is 3. The lowest BCUT2D eigenvalue weighted by Crippen LogP contribution is -2.17. The summed E-state index contributed by atoms with van der Waals surface area (Å²) >= 11 is 6.01. The summed E-state index contributed by atoms with van der Waals surface area (Å²) < 4.78 is 18.6. The van der Waals surface area contributed by atoms with E-state index in [2.05, 4.69) is 5.32 Å². The molecular formula is C15H12ClFN2O4. The van der Waals surface area contributed by atoms with Gasteiger partial charge in [-0.1, -0.05) is 11.6 Å². The van der Waals surface area contributed by atoms with Crippen LogP contribution in [-0.4, -0.2) is 11.0 Å². The second-order valence-corrected chi connectivity index (χ2v) is 5.18. The summed E-state index contributed by atoms with van der Waals surface area (Å²) in [6.07, 6.45) is -0.967. The molecule has 0 aliphatic carbocycles. The fourth-order valence-corrected chi connectivity index (χ4v) is 2.04. The monoisotopic (exact) mass is 338 g/mol. The Labute approximate surface area is 136 Å². The van der Waals surface area contributed by atoms with Crippen molar-refractivity contribution in [1.82, 2.24) is 0 Å². The van der Waals surface area contributed by atoms with Gasteiger partial charge in [-0.25, -0.2) is 9.18 Å². The minimum atomic E-state index is -0.967. The molecule has 0 fully saturated rings. The number of nitrogens with one attached hydrogen (secondary N) is 1. The van der Waals surface area contributed by atoms with Crippen LogP contribution in [0.3, 0.4) is 0 Å². The molecule has 2 aromatic carbocycles.